The molecule has 0 aromatic carbocycles. The lowest BCUT2D eigenvalue weighted by Gasteiger charge is -2.33. The molecule has 7 heteroatoms. The van der Waals surface area contributed by atoms with Crippen molar-refractivity contribution in [2.45, 2.75) is 38.8 Å². The number of nitrogens with zero attached hydrogens (tertiary/aromatic N) is 3. The summed E-state index contributed by atoms with van der Waals surface area (Å²) in [4.78, 5) is 25.9. The first-order chi connectivity index (χ1) is 9.58. The van der Waals surface area contributed by atoms with Gasteiger partial charge in [-0.3, -0.25) is 9.48 Å². The van der Waals surface area contributed by atoms with Crippen LogP contribution in [-0.2, 0) is 16.1 Å². The molecular weight excluding hydrogens is 260 g/mol. The second-order valence-electron chi connectivity index (χ2n) is 4.82. The van der Waals surface area contributed by atoms with Gasteiger partial charge < -0.3 is 15.4 Å². The van der Waals surface area contributed by atoms with E-state index in [1.54, 1.807) is 10.9 Å². The zero-order valence-electron chi connectivity index (χ0n) is 11.8. The van der Waals surface area contributed by atoms with Crippen LogP contribution >= 0.6 is 0 Å². The monoisotopic (exact) mass is 280 g/mol. The first-order valence-electron chi connectivity index (χ1n) is 6.80. The number of hydrogen-bond donors (Lipinski definition) is 1. The van der Waals surface area contributed by atoms with E-state index in [-0.39, 0.29) is 17.6 Å². The van der Waals surface area contributed by atoms with Gasteiger partial charge in [0.15, 0.2) is 5.69 Å². The van der Waals surface area contributed by atoms with Gasteiger partial charge in [0, 0.05) is 19.3 Å². The summed E-state index contributed by atoms with van der Waals surface area (Å²) in [5.74, 6) is -0.684. The average molecular weight is 280 g/mol. The van der Waals surface area contributed by atoms with E-state index in [1.807, 2.05) is 6.92 Å². The van der Waals surface area contributed by atoms with Crippen LogP contribution in [-0.4, -0.2) is 46.3 Å². The number of hydrogen-bond acceptors (Lipinski definition) is 5. The number of esters is 1. The Hall–Kier alpha value is -2.05. The van der Waals surface area contributed by atoms with Crippen molar-refractivity contribution in [3.8, 4) is 0 Å². The van der Waals surface area contributed by atoms with Crippen LogP contribution in [0.25, 0.3) is 0 Å². The topological polar surface area (TPSA) is 90.5 Å². The van der Waals surface area contributed by atoms with Crippen LogP contribution in [0.5, 0.6) is 0 Å². The number of likely N-dealkylation sites (tertiary alicyclic amines) is 1. The van der Waals surface area contributed by atoms with Crippen LogP contribution in [0.3, 0.4) is 0 Å². The molecule has 0 spiro atoms. The maximum Gasteiger partial charge on any atom is 0.328 e. The minimum absolute atomic E-state index is 0.211. The van der Waals surface area contributed by atoms with Crippen molar-refractivity contribution in [2.24, 2.45) is 0 Å². The van der Waals surface area contributed by atoms with E-state index in [1.165, 1.54) is 12.0 Å². The third-order valence-corrected chi connectivity index (χ3v) is 3.55. The Balaban J connectivity index is 2.25. The maximum atomic E-state index is 12.5. The maximum absolute atomic E-state index is 12.5. The zero-order chi connectivity index (χ0) is 14.7. The molecule has 0 saturated carbocycles. The van der Waals surface area contributed by atoms with Crippen molar-refractivity contribution < 1.29 is 14.3 Å². The van der Waals surface area contributed by atoms with Crippen molar-refractivity contribution >= 4 is 17.6 Å². The molecule has 1 fully saturated rings. The Bertz CT molecular complexity index is 512. The molecule has 1 amide bonds. The molecule has 7 nitrogen and oxygen atoms in total. The van der Waals surface area contributed by atoms with Gasteiger partial charge in [-0.2, -0.15) is 5.10 Å². The normalized spacial score (nSPS) is 18.9. The second kappa shape index (κ2) is 5.94. The van der Waals surface area contributed by atoms with Crippen LogP contribution in [0, 0.1) is 0 Å². The second-order valence-corrected chi connectivity index (χ2v) is 4.82. The van der Waals surface area contributed by atoms with Gasteiger partial charge in [-0.05, 0) is 26.2 Å². The van der Waals surface area contributed by atoms with E-state index >= 15 is 0 Å². The van der Waals surface area contributed by atoms with Crippen molar-refractivity contribution in [1.29, 1.82) is 0 Å². The minimum atomic E-state index is -0.535. The van der Waals surface area contributed by atoms with E-state index in [4.69, 9.17) is 10.5 Å². The lowest BCUT2D eigenvalue weighted by atomic mass is 10.0. The number of amides is 1. The summed E-state index contributed by atoms with van der Waals surface area (Å²) >= 11 is 0. The third-order valence-electron chi connectivity index (χ3n) is 3.55. The highest BCUT2D eigenvalue weighted by atomic mass is 16.5. The van der Waals surface area contributed by atoms with Gasteiger partial charge in [0.2, 0.25) is 0 Å². The Morgan fingerprint density at radius 3 is 2.85 bits per heavy atom. The van der Waals surface area contributed by atoms with Gasteiger partial charge in [-0.15, -0.1) is 0 Å². The third kappa shape index (κ3) is 2.61. The average Bonchev–Trinajstić information content (AvgIpc) is 2.86. The lowest BCUT2D eigenvalue weighted by Crippen LogP contribution is -2.48. The van der Waals surface area contributed by atoms with Gasteiger partial charge in [0.1, 0.15) is 6.04 Å². The summed E-state index contributed by atoms with van der Waals surface area (Å²) in [6.45, 7) is 3.08. The van der Waals surface area contributed by atoms with E-state index in [0.717, 1.165) is 12.8 Å². The Kier molecular flexibility index (Phi) is 4.26. The van der Waals surface area contributed by atoms with Gasteiger partial charge >= 0.3 is 5.97 Å². The highest BCUT2D eigenvalue weighted by Crippen LogP contribution is 2.22. The van der Waals surface area contributed by atoms with Crippen molar-refractivity contribution in [3.05, 3.63) is 11.9 Å². The van der Waals surface area contributed by atoms with Crippen LogP contribution in [0.4, 0.5) is 5.69 Å². The van der Waals surface area contributed by atoms with Crippen LogP contribution in [0.2, 0.25) is 0 Å². The van der Waals surface area contributed by atoms with Crippen LogP contribution in [0.15, 0.2) is 6.20 Å². The van der Waals surface area contributed by atoms with Gasteiger partial charge in [-0.1, -0.05) is 0 Å². The predicted molar refractivity (Wildman–Crippen MR) is 73.0 cm³/mol. The summed E-state index contributed by atoms with van der Waals surface area (Å²) in [7, 11) is 1.33. The Morgan fingerprint density at radius 1 is 1.50 bits per heavy atom. The summed E-state index contributed by atoms with van der Waals surface area (Å²) in [6, 6.07) is -0.535. The fourth-order valence-corrected chi connectivity index (χ4v) is 2.46. The highest BCUT2D eigenvalue weighted by molar-refractivity contribution is 5.99. The first kappa shape index (κ1) is 14.4. The molecule has 1 aliphatic rings. The Morgan fingerprint density at radius 2 is 2.25 bits per heavy atom. The molecule has 1 unspecified atom stereocenters. The number of aromatic nitrogens is 2. The quantitative estimate of drug-likeness (QED) is 0.821. The number of methoxy groups -OCH3 is 1. The number of rotatable bonds is 3. The molecule has 1 aromatic heterocycles. The molecule has 1 aromatic rings. The molecule has 20 heavy (non-hydrogen) atoms. The van der Waals surface area contributed by atoms with Crippen LogP contribution in [0.1, 0.15) is 36.7 Å². The molecule has 1 saturated heterocycles. The smallest absolute Gasteiger partial charge is 0.328 e. The summed E-state index contributed by atoms with van der Waals surface area (Å²) in [5.41, 5.74) is 6.38. The number of nitrogen functional groups attached to an aromatic ring is 1. The minimum Gasteiger partial charge on any atom is -0.467 e. The summed E-state index contributed by atoms with van der Waals surface area (Å²) in [6.07, 6.45) is 4.02. The molecule has 0 radical (unpaired) electrons. The molecule has 1 aliphatic heterocycles. The molecule has 0 aliphatic carbocycles. The first-order valence-corrected chi connectivity index (χ1v) is 6.80. The fourth-order valence-electron chi connectivity index (χ4n) is 2.46. The van der Waals surface area contributed by atoms with E-state index in [9.17, 15) is 9.59 Å². The standard InChI is InChI=1S/C13H20N4O3/c1-3-16-8-9(14)11(15-16)12(18)17-7-5-4-6-10(17)13(19)20-2/h8,10H,3-7,14H2,1-2H3. The predicted octanol–water partition coefficient (Wildman–Crippen LogP) is 0.653. The molecular formula is C13H20N4O3. The fraction of sp³-hybridized carbons (Fsp3) is 0.615. The number of carbonyl (C=O) groups excluding carboxylic acids is 2. The summed E-state index contributed by atoms with van der Waals surface area (Å²) < 4.78 is 6.38. The van der Waals surface area contributed by atoms with Crippen molar-refractivity contribution in [3.63, 3.8) is 0 Å². The molecule has 0 bridgehead atoms. The number of anilines is 1. The molecule has 2 heterocycles. The lowest BCUT2D eigenvalue weighted by molar-refractivity contribution is -0.147. The summed E-state index contributed by atoms with van der Waals surface area (Å²) in [5, 5.41) is 4.17. The number of piperidine rings is 1. The van der Waals surface area contributed by atoms with Crippen molar-refractivity contribution in [1.82, 2.24) is 14.7 Å². The van der Waals surface area contributed by atoms with Gasteiger partial charge in [0.25, 0.3) is 5.91 Å². The number of ether oxygens (including phenoxy) is 1. The molecule has 110 valence electrons. The van der Waals surface area contributed by atoms with E-state index in [2.05, 4.69) is 5.10 Å². The molecule has 2 N–H and O–H groups in total. The largest absolute Gasteiger partial charge is 0.467 e. The zero-order valence-corrected chi connectivity index (χ0v) is 11.8. The van der Waals surface area contributed by atoms with Gasteiger partial charge in [0.05, 0.1) is 12.8 Å². The number of carbonyl (C=O) groups is 2. The Labute approximate surface area is 117 Å². The van der Waals surface area contributed by atoms with Crippen molar-refractivity contribution in [2.75, 3.05) is 19.4 Å². The number of aryl methyl sites for hydroxylation is 1. The van der Waals surface area contributed by atoms with E-state index in [0.29, 0.717) is 25.2 Å². The van der Waals surface area contributed by atoms with Gasteiger partial charge in [-0.25, -0.2) is 4.79 Å². The molecule has 2 rings (SSSR count). The van der Waals surface area contributed by atoms with Crippen LogP contribution < -0.4 is 5.73 Å². The molecule has 1 atom stereocenters. The number of nitrogens with two attached hydrogens (primary N) is 1. The highest BCUT2D eigenvalue weighted by Gasteiger charge is 2.35. The van der Waals surface area contributed by atoms with E-state index < -0.39 is 6.04 Å². The SMILES string of the molecule is CCn1cc(N)c(C(=O)N2CCCCC2C(=O)OC)n1.